The van der Waals surface area contributed by atoms with E-state index in [0.29, 0.717) is 6.54 Å². The minimum absolute atomic E-state index is 0.142. The van der Waals surface area contributed by atoms with E-state index in [9.17, 15) is 9.59 Å². The molecule has 1 aromatic carbocycles. The van der Waals surface area contributed by atoms with E-state index in [1.807, 2.05) is 0 Å². The number of rotatable bonds is 4. The van der Waals surface area contributed by atoms with Crippen molar-refractivity contribution in [3.05, 3.63) is 63.6 Å². The van der Waals surface area contributed by atoms with Crippen molar-refractivity contribution in [2.24, 2.45) is 0 Å². The molecule has 0 unspecified atom stereocenters. The summed E-state index contributed by atoms with van der Waals surface area (Å²) in [6.07, 6.45) is 0.750. The normalized spacial score (nSPS) is 11.2. The van der Waals surface area contributed by atoms with Gasteiger partial charge in [-0.2, -0.15) is 5.10 Å². The number of H-pyrrole nitrogens is 1. The molecule has 0 saturated heterocycles. The third kappa shape index (κ3) is 4.28. The molecule has 5 heteroatoms. The Balaban J connectivity index is 1.87. The molecule has 0 aliphatic rings. The summed E-state index contributed by atoms with van der Waals surface area (Å²) in [5.41, 5.74) is 2.49. The van der Waals surface area contributed by atoms with Crippen LogP contribution in [0.15, 0.2) is 41.2 Å². The Hall–Kier alpha value is -2.43. The van der Waals surface area contributed by atoms with Crippen LogP contribution in [-0.2, 0) is 11.8 Å². The topological polar surface area (TPSA) is 74.8 Å². The fourth-order valence-corrected chi connectivity index (χ4v) is 2.05. The maximum Gasteiger partial charge on any atom is 0.271 e. The first-order valence-corrected chi connectivity index (χ1v) is 7.29. The molecular weight excluding hydrogens is 278 g/mol. The molecule has 0 bridgehead atoms. The van der Waals surface area contributed by atoms with E-state index in [1.54, 1.807) is 0 Å². The van der Waals surface area contributed by atoms with Gasteiger partial charge in [0.25, 0.3) is 11.5 Å². The number of carbonyl (C=O) groups is 1. The first-order chi connectivity index (χ1) is 10.4. The van der Waals surface area contributed by atoms with Crippen molar-refractivity contribution in [2.45, 2.75) is 32.6 Å². The Morgan fingerprint density at radius 3 is 2.36 bits per heavy atom. The second kappa shape index (κ2) is 6.56. The molecule has 5 nitrogen and oxygen atoms in total. The van der Waals surface area contributed by atoms with Gasteiger partial charge in [0.1, 0.15) is 5.69 Å². The van der Waals surface area contributed by atoms with Gasteiger partial charge in [-0.15, -0.1) is 0 Å². The Morgan fingerprint density at radius 1 is 1.14 bits per heavy atom. The van der Waals surface area contributed by atoms with E-state index in [1.165, 1.54) is 23.3 Å². The van der Waals surface area contributed by atoms with Gasteiger partial charge in [0.15, 0.2) is 0 Å². The van der Waals surface area contributed by atoms with E-state index in [4.69, 9.17) is 0 Å². The summed E-state index contributed by atoms with van der Waals surface area (Å²) in [5, 5.41) is 8.72. The number of aromatic amines is 1. The van der Waals surface area contributed by atoms with Gasteiger partial charge >= 0.3 is 0 Å². The van der Waals surface area contributed by atoms with Crippen LogP contribution in [0.3, 0.4) is 0 Å². The lowest BCUT2D eigenvalue weighted by Gasteiger charge is -2.19. The van der Waals surface area contributed by atoms with Gasteiger partial charge in [0.2, 0.25) is 0 Å². The van der Waals surface area contributed by atoms with Crippen molar-refractivity contribution < 1.29 is 4.79 Å². The van der Waals surface area contributed by atoms with Gasteiger partial charge in [-0.3, -0.25) is 9.59 Å². The van der Waals surface area contributed by atoms with Gasteiger partial charge in [-0.05, 0) is 29.0 Å². The molecule has 0 saturated carbocycles. The molecule has 0 aliphatic heterocycles. The Morgan fingerprint density at radius 2 is 1.82 bits per heavy atom. The van der Waals surface area contributed by atoms with Crippen LogP contribution in [-0.4, -0.2) is 22.6 Å². The van der Waals surface area contributed by atoms with Crippen LogP contribution in [0.1, 0.15) is 42.4 Å². The van der Waals surface area contributed by atoms with E-state index in [0.717, 1.165) is 6.42 Å². The molecule has 2 aromatic rings. The van der Waals surface area contributed by atoms with Crippen molar-refractivity contribution in [3.8, 4) is 0 Å². The van der Waals surface area contributed by atoms with Crippen LogP contribution >= 0.6 is 0 Å². The van der Waals surface area contributed by atoms with Crippen molar-refractivity contribution >= 4 is 5.91 Å². The number of nitrogens with one attached hydrogen (secondary N) is 2. The van der Waals surface area contributed by atoms with Gasteiger partial charge in [0, 0.05) is 12.6 Å². The number of benzene rings is 1. The highest BCUT2D eigenvalue weighted by molar-refractivity contribution is 5.91. The average molecular weight is 299 g/mol. The molecule has 0 aliphatic carbocycles. The summed E-state index contributed by atoms with van der Waals surface area (Å²) in [6.45, 7) is 7.06. The molecule has 1 heterocycles. The Labute approximate surface area is 129 Å². The zero-order valence-electron chi connectivity index (χ0n) is 13.1. The molecule has 116 valence electrons. The highest BCUT2D eigenvalue weighted by Gasteiger charge is 2.12. The summed E-state index contributed by atoms with van der Waals surface area (Å²) < 4.78 is 0. The number of hydrogen-bond acceptors (Lipinski definition) is 3. The molecular formula is C17H21N3O2. The smallest absolute Gasteiger partial charge is 0.271 e. The van der Waals surface area contributed by atoms with Crippen LogP contribution in [0, 0.1) is 0 Å². The van der Waals surface area contributed by atoms with E-state index < -0.39 is 0 Å². The molecule has 1 aromatic heterocycles. The fraction of sp³-hybridized carbons (Fsp3) is 0.353. The number of aromatic nitrogens is 2. The standard InChI is InChI=1S/C17H21N3O2/c1-17(2,3)13-6-4-12(5-7-13)10-11-18-16(22)14-8-9-15(21)20-19-14/h4-9H,10-11H2,1-3H3,(H,18,22)(H,20,21). The molecule has 22 heavy (non-hydrogen) atoms. The van der Waals surface area contributed by atoms with Crippen LogP contribution in [0.5, 0.6) is 0 Å². The zero-order valence-corrected chi connectivity index (χ0v) is 13.1. The first kappa shape index (κ1) is 15.9. The summed E-state index contributed by atoms with van der Waals surface area (Å²) in [5.74, 6) is -0.289. The molecule has 0 atom stereocenters. The van der Waals surface area contributed by atoms with Crippen molar-refractivity contribution in [1.82, 2.24) is 15.5 Å². The van der Waals surface area contributed by atoms with Crippen molar-refractivity contribution in [1.29, 1.82) is 0 Å². The molecule has 1 amide bonds. The Kier molecular flexibility index (Phi) is 4.75. The lowest BCUT2D eigenvalue weighted by atomic mass is 9.86. The minimum atomic E-state index is -0.324. The summed E-state index contributed by atoms with van der Waals surface area (Å²) in [6, 6.07) is 11.1. The van der Waals surface area contributed by atoms with E-state index in [2.05, 4.69) is 60.6 Å². The number of carbonyl (C=O) groups excluding carboxylic acids is 1. The van der Waals surface area contributed by atoms with Gasteiger partial charge in [0.05, 0.1) is 0 Å². The minimum Gasteiger partial charge on any atom is -0.350 e. The van der Waals surface area contributed by atoms with Crippen molar-refractivity contribution in [2.75, 3.05) is 6.54 Å². The number of hydrogen-bond donors (Lipinski definition) is 2. The van der Waals surface area contributed by atoms with Crippen LogP contribution in [0.2, 0.25) is 0 Å². The quantitative estimate of drug-likeness (QED) is 0.907. The van der Waals surface area contributed by atoms with Gasteiger partial charge in [-0.25, -0.2) is 5.10 Å². The Bertz CT molecular complexity index is 677. The second-order valence-corrected chi connectivity index (χ2v) is 6.26. The lowest BCUT2D eigenvalue weighted by molar-refractivity contribution is 0.0948. The third-order valence-corrected chi connectivity index (χ3v) is 3.43. The molecule has 0 fully saturated rings. The largest absolute Gasteiger partial charge is 0.350 e. The first-order valence-electron chi connectivity index (χ1n) is 7.29. The highest BCUT2D eigenvalue weighted by atomic mass is 16.2. The van der Waals surface area contributed by atoms with E-state index in [-0.39, 0.29) is 22.6 Å². The van der Waals surface area contributed by atoms with Gasteiger partial charge < -0.3 is 5.32 Å². The molecule has 2 rings (SSSR count). The fourth-order valence-electron chi connectivity index (χ4n) is 2.05. The lowest BCUT2D eigenvalue weighted by Crippen LogP contribution is -2.27. The second-order valence-electron chi connectivity index (χ2n) is 6.26. The third-order valence-electron chi connectivity index (χ3n) is 3.43. The summed E-state index contributed by atoms with van der Waals surface area (Å²) in [4.78, 5) is 22.7. The maximum atomic E-state index is 11.8. The van der Waals surface area contributed by atoms with Crippen LogP contribution in [0.25, 0.3) is 0 Å². The van der Waals surface area contributed by atoms with Crippen LogP contribution in [0.4, 0.5) is 0 Å². The SMILES string of the molecule is CC(C)(C)c1ccc(CCNC(=O)c2ccc(=O)[nH]n2)cc1. The van der Waals surface area contributed by atoms with Crippen LogP contribution < -0.4 is 10.9 Å². The predicted molar refractivity (Wildman–Crippen MR) is 86.0 cm³/mol. The molecule has 0 spiro atoms. The number of amides is 1. The van der Waals surface area contributed by atoms with E-state index >= 15 is 0 Å². The van der Waals surface area contributed by atoms with Gasteiger partial charge in [-0.1, -0.05) is 45.0 Å². The predicted octanol–water partition coefficient (Wildman–Crippen LogP) is 2.04. The zero-order chi connectivity index (χ0) is 16.2. The summed E-state index contributed by atoms with van der Waals surface area (Å²) in [7, 11) is 0. The maximum absolute atomic E-state index is 11.8. The molecule has 0 radical (unpaired) electrons. The monoisotopic (exact) mass is 299 g/mol. The average Bonchev–Trinajstić information content (AvgIpc) is 2.47. The number of nitrogens with zero attached hydrogens (tertiary/aromatic N) is 1. The van der Waals surface area contributed by atoms with Crippen molar-refractivity contribution in [3.63, 3.8) is 0 Å². The molecule has 2 N–H and O–H groups in total. The highest BCUT2D eigenvalue weighted by Crippen LogP contribution is 2.22. The summed E-state index contributed by atoms with van der Waals surface area (Å²) >= 11 is 0.